The van der Waals surface area contributed by atoms with Crippen LogP contribution in [0.25, 0.3) is 43.2 Å². The van der Waals surface area contributed by atoms with Gasteiger partial charge in [0.15, 0.2) is 11.6 Å². The van der Waals surface area contributed by atoms with E-state index < -0.39 is 18.7 Å². The number of nitrogens with one attached hydrogen (secondary N) is 2. The molecule has 10 rings (SSSR count). The molecule has 372 valence electrons. The summed E-state index contributed by atoms with van der Waals surface area (Å²) in [6, 6.07) is 17.4. The molecule has 4 aromatic heterocycles. The van der Waals surface area contributed by atoms with Crippen molar-refractivity contribution in [1.29, 1.82) is 0 Å². The molecule has 7 heterocycles. The number of nitrogens with zero attached hydrogens (tertiary/aromatic N) is 7. The van der Waals surface area contributed by atoms with E-state index in [9.17, 15) is 17.6 Å². The molecule has 0 radical (unpaired) electrons. The summed E-state index contributed by atoms with van der Waals surface area (Å²) in [5, 5.41) is 7.27. The molecule has 1 atom stereocenters. The number of fused-ring (bicyclic) bond motifs is 7. The zero-order chi connectivity index (χ0) is 49.6. The van der Waals surface area contributed by atoms with Crippen LogP contribution in [0.1, 0.15) is 28.8 Å². The number of likely N-dealkylation sites (N-methyl/N-ethyl adjacent to an activating group) is 1. The minimum atomic E-state index is -4.19. The van der Waals surface area contributed by atoms with Gasteiger partial charge >= 0.3 is 6.18 Å². The van der Waals surface area contributed by atoms with Crippen molar-refractivity contribution < 1.29 is 36.5 Å². The molecule has 13 nitrogen and oxygen atoms in total. The van der Waals surface area contributed by atoms with Gasteiger partial charge in [-0.15, -0.1) is 11.3 Å². The highest BCUT2D eigenvalue weighted by Crippen LogP contribution is 2.53. The molecular formula is C51H51Cl2F4N9O4S. The maximum Gasteiger partial charge on any atom is 0.390 e. The maximum absolute atomic E-state index is 14.3. The third-order valence-corrected chi connectivity index (χ3v) is 14.4. The Morgan fingerprint density at radius 3 is 2.38 bits per heavy atom. The van der Waals surface area contributed by atoms with Crippen LogP contribution < -0.4 is 29.6 Å². The quantitative estimate of drug-likeness (QED) is 0.0840. The molecule has 0 unspecified atom stereocenters. The van der Waals surface area contributed by atoms with Crippen LogP contribution in [-0.2, 0) is 13.0 Å². The molecule has 3 aromatic carbocycles. The van der Waals surface area contributed by atoms with E-state index in [1.807, 2.05) is 38.1 Å². The Balaban J connectivity index is 1.00. The largest absolute Gasteiger partial charge is 0.490 e. The summed E-state index contributed by atoms with van der Waals surface area (Å²) in [5.41, 5.74) is 5.92. The van der Waals surface area contributed by atoms with Crippen LogP contribution >= 0.6 is 34.5 Å². The Morgan fingerprint density at radius 1 is 0.859 bits per heavy atom. The SMILES string of the molecule is Cc1c(Cl)c2c(Cl)c(C)c1-c1c(-c3ccc(F)cc3)sc3ncnc(c13)OCCc1cc(ccc1OCc1ccnc(-c3ccc(NCCNCCC(F)(F)F)nc3)n1)OC[C@@H](CN1CCN(C)CC1)O2. The van der Waals surface area contributed by atoms with Crippen LogP contribution in [0.5, 0.6) is 23.1 Å². The summed E-state index contributed by atoms with van der Waals surface area (Å²) < 4.78 is 78.1. The van der Waals surface area contributed by atoms with Crippen molar-refractivity contribution in [1.82, 2.24) is 40.0 Å². The summed E-state index contributed by atoms with van der Waals surface area (Å²) in [7, 11) is 2.12. The lowest BCUT2D eigenvalue weighted by Crippen LogP contribution is -2.49. The highest BCUT2D eigenvalue weighted by atomic mass is 35.5. The molecule has 20 heteroatoms. The number of pyridine rings is 1. The van der Waals surface area contributed by atoms with Crippen molar-refractivity contribution in [2.45, 2.75) is 45.6 Å². The van der Waals surface area contributed by atoms with Gasteiger partial charge < -0.3 is 34.5 Å². The zero-order valence-corrected chi connectivity index (χ0v) is 41.5. The molecule has 2 N–H and O–H groups in total. The first-order valence-corrected chi connectivity index (χ1v) is 24.8. The van der Waals surface area contributed by atoms with E-state index >= 15 is 0 Å². The summed E-state index contributed by atoms with van der Waals surface area (Å²) in [6.07, 6.45) is -0.378. The van der Waals surface area contributed by atoms with Crippen LogP contribution in [-0.4, -0.2) is 120 Å². The van der Waals surface area contributed by atoms with E-state index in [-0.39, 0.29) is 32.2 Å². The molecule has 4 bridgehead atoms. The van der Waals surface area contributed by atoms with Gasteiger partial charge in [0, 0.05) is 92.7 Å². The van der Waals surface area contributed by atoms with Crippen molar-refractivity contribution in [2.75, 3.05) is 77.9 Å². The predicted molar refractivity (Wildman–Crippen MR) is 269 cm³/mol. The fourth-order valence-corrected chi connectivity index (χ4v) is 10.2. The molecular weight excluding hydrogens is 982 g/mol. The summed E-state index contributed by atoms with van der Waals surface area (Å²) in [6.45, 7) is 9.14. The van der Waals surface area contributed by atoms with Gasteiger partial charge in [0.1, 0.15) is 53.6 Å². The van der Waals surface area contributed by atoms with E-state index in [0.29, 0.717) is 92.3 Å². The average Bonchev–Trinajstić information content (AvgIpc) is 3.75. The molecule has 7 aromatic rings. The fourth-order valence-electron chi connectivity index (χ4n) is 8.55. The van der Waals surface area contributed by atoms with Crippen LogP contribution in [0.2, 0.25) is 10.0 Å². The molecule has 1 fully saturated rings. The van der Waals surface area contributed by atoms with E-state index in [2.05, 4.69) is 42.4 Å². The fraction of sp³-hybridized carbons (Fsp3) is 0.353. The number of benzene rings is 3. The lowest BCUT2D eigenvalue weighted by atomic mass is 9.92. The first-order chi connectivity index (χ1) is 34.3. The monoisotopic (exact) mass is 1030 g/mol. The minimum Gasteiger partial charge on any atom is -0.490 e. The highest BCUT2D eigenvalue weighted by Gasteiger charge is 2.30. The first kappa shape index (κ1) is 50.1. The van der Waals surface area contributed by atoms with Gasteiger partial charge in [0.2, 0.25) is 5.88 Å². The minimum absolute atomic E-state index is 0.118. The van der Waals surface area contributed by atoms with Gasteiger partial charge in [0.05, 0.1) is 34.2 Å². The third kappa shape index (κ3) is 12.1. The molecule has 71 heavy (non-hydrogen) atoms. The number of piperazine rings is 1. The lowest BCUT2D eigenvalue weighted by Gasteiger charge is -2.35. The number of aromatic nitrogens is 5. The van der Waals surface area contributed by atoms with E-state index in [1.54, 1.807) is 36.7 Å². The second kappa shape index (κ2) is 22.3. The second-order valence-corrected chi connectivity index (χ2v) is 19.2. The number of hydrogen-bond acceptors (Lipinski definition) is 14. The van der Waals surface area contributed by atoms with E-state index in [1.165, 1.54) is 29.8 Å². The predicted octanol–water partition coefficient (Wildman–Crippen LogP) is 10.5. The number of rotatable bonds is 13. The second-order valence-electron chi connectivity index (χ2n) is 17.4. The standard InChI is InChI=1S/C51H51Cl2F4N9O4S/c1-30-41-31(2)45(53)46(44(30)52)70-38(26-66-21-19-65(3)20-22-66)28-68-37-9-10-39(33(24-37)13-23-67-49-43-42(41)47(71-50(43)63-29-62-49)32-4-7-35(54)8-5-32)69-27-36-12-15-60-48(64-36)34-6-11-40(61-25-34)59-18-17-58-16-14-51(55,56)57/h4-12,15,24-25,29,38,58H,13-14,16-23,26-28H2,1-3H3,(H,59,61)/t38-/m1/s1. The van der Waals surface area contributed by atoms with Gasteiger partial charge in [-0.2, -0.15) is 13.2 Å². The van der Waals surface area contributed by atoms with Gasteiger partial charge in [-0.05, 0) is 91.7 Å². The van der Waals surface area contributed by atoms with Gasteiger partial charge in [-0.3, -0.25) is 4.90 Å². The molecule has 0 amide bonds. The highest BCUT2D eigenvalue weighted by molar-refractivity contribution is 7.22. The topological polar surface area (TPSA) is 132 Å². The Hall–Kier alpha value is -5.89. The van der Waals surface area contributed by atoms with Crippen molar-refractivity contribution in [3.05, 3.63) is 118 Å². The molecule has 1 saturated heterocycles. The molecule has 0 saturated carbocycles. The van der Waals surface area contributed by atoms with Crippen LogP contribution in [0.15, 0.2) is 79.4 Å². The lowest BCUT2D eigenvalue weighted by molar-refractivity contribution is -0.133. The number of anilines is 1. The van der Waals surface area contributed by atoms with Crippen LogP contribution in [0, 0.1) is 19.7 Å². The maximum atomic E-state index is 14.3. The van der Waals surface area contributed by atoms with Gasteiger partial charge in [0.25, 0.3) is 0 Å². The third-order valence-electron chi connectivity index (χ3n) is 12.3. The average molecular weight is 1030 g/mol. The zero-order valence-electron chi connectivity index (χ0n) is 39.2. The molecule has 3 aliphatic heterocycles. The Morgan fingerprint density at radius 2 is 1.63 bits per heavy atom. The normalized spacial score (nSPS) is 15.8. The van der Waals surface area contributed by atoms with Gasteiger partial charge in [-0.1, -0.05) is 35.3 Å². The number of ether oxygens (including phenoxy) is 4. The Labute approximate surface area is 422 Å². The summed E-state index contributed by atoms with van der Waals surface area (Å²) in [5.74, 6) is 2.58. The summed E-state index contributed by atoms with van der Waals surface area (Å²) >= 11 is 16.1. The Bertz CT molecular complexity index is 2950. The van der Waals surface area contributed by atoms with E-state index in [4.69, 9.17) is 52.1 Å². The van der Waals surface area contributed by atoms with E-state index in [0.717, 1.165) is 64.4 Å². The smallest absolute Gasteiger partial charge is 0.390 e. The van der Waals surface area contributed by atoms with Gasteiger partial charge in [-0.25, -0.2) is 29.3 Å². The number of halogens is 6. The van der Waals surface area contributed by atoms with Crippen molar-refractivity contribution in [3.8, 4) is 56.1 Å². The number of thiophene rings is 1. The first-order valence-electron chi connectivity index (χ1n) is 23.2. The van der Waals surface area contributed by atoms with Crippen LogP contribution in [0.4, 0.5) is 23.4 Å². The van der Waals surface area contributed by atoms with Crippen molar-refractivity contribution >= 4 is 50.6 Å². The molecule has 0 spiro atoms. The van der Waals surface area contributed by atoms with Crippen LogP contribution in [0.3, 0.4) is 0 Å². The Kier molecular flexibility index (Phi) is 15.7. The van der Waals surface area contributed by atoms with Crippen molar-refractivity contribution in [2.24, 2.45) is 0 Å². The number of hydrogen-bond donors (Lipinski definition) is 2. The number of alkyl halides is 3. The molecule has 3 aliphatic rings. The summed E-state index contributed by atoms with van der Waals surface area (Å²) in [4.78, 5) is 29.2. The van der Waals surface area contributed by atoms with Crippen molar-refractivity contribution in [3.63, 3.8) is 0 Å². The molecule has 0 aliphatic carbocycles.